The van der Waals surface area contributed by atoms with Gasteiger partial charge in [0.15, 0.2) is 6.10 Å². The highest BCUT2D eigenvalue weighted by Gasteiger charge is 2.61. The van der Waals surface area contributed by atoms with Gasteiger partial charge in [0.25, 0.3) is 0 Å². The number of fused-ring (bicyclic) bond motifs is 5. The van der Waals surface area contributed by atoms with Crippen molar-refractivity contribution < 1.29 is 14.3 Å². The van der Waals surface area contributed by atoms with Crippen molar-refractivity contribution in [3.8, 4) is 0 Å². The molecular weight excluding hydrogens is 356 g/mol. The van der Waals surface area contributed by atoms with E-state index >= 15 is 0 Å². The first-order chi connectivity index (χ1) is 12.9. The molecule has 0 saturated heterocycles. The molecule has 0 aromatic carbocycles. The molecule has 6 atom stereocenters. The minimum absolute atomic E-state index is 0.177. The Morgan fingerprint density at radius 1 is 1.26 bits per heavy atom. The summed E-state index contributed by atoms with van der Waals surface area (Å²) >= 11 is 4.17. The Kier molecular flexibility index (Phi) is 5.07. The van der Waals surface area contributed by atoms with Crippen molar-refractivity contribution in [3.05, 3.63) is 23.8 Å². The van der Waals surface area contributed by atoms with Crippen molar-refractivity contribution in [1.82, 2.24) is 0 Å². The summed E-state index contributed by atoms with van der Waals surface area (Å²) < 4.78 is 5.73. The van der Waals surface area contributed by atoms with E-state index in [0.717, 1.165) is 38.5 Å². The van der Waals surface area contributed by atoms with Crippen molar-refractivity contribution in [1.29, 1.82) is 0 Å². The molecule has 0 N–H and O–H groups in total. The van der Waals surface area contributed by atoms with E-state index in [1.54, 1.807) is 12.5 Å². The largest absolute Gasteiger partial charge is 0.453 e. The number of carbonyl (C=O) groups excluding carboxylic acids is 2. The van der Waals surface area contributed by atoms with Gasteiger partial charge in [0.05, 0.1) is 0 Å². The molecule has 27 heavy (non-hydrogen) atoms. The first-order valence-electron chi connectivity index (χ1n) is 10.7. The van der Waals surface area contributed by atoms with Gasteiger partial charge in [-0.25, -0.2) is 0 Å². The minimum Gasteiger partial charge on any atom is -0.453 e. The highest BCUT2D eigenvalue weighted by atomic mass is 32.1. The van der Waals surface area contributed by atoms with Crippen LogP contribution in [-0.2, 0) is 14.3 Å². The standard InChI is InChI=1S/C23H32O3S/c1-3-19(24)26-20(21(25)27)23-13-6-8-18(23)16-10-9-15-7-4-5-12-22(15,2)17(16)11-14-23/h5,7,12,16-18,20H,3-4,6,8-11,13-14H2,1-2H3,(H,25,27)/t16-,17+,18+,20?,22+,23-/m1/s1. The Morgan fingerprint density at radius 2 is 2.07 bits per heavy atom. The highest BCUT2D eigenvalue weighted by molar-refractivity contribution is 7.96. The van der Waals surface area contributed by atoms with E-state index in [-0.39, 0.29) is 21.9 Å². The quantitative estimate of drug-likeness (QED) is 0.406. The van der Waals surface area contributed by atoms with Gasteiger partial charge < -0.3 is 4.74 Å². The van der Waals surface area contributed by atoms with Crippen LogP contribution in [0.5, 0.6) is 0 Å². The Bertz CT molecular complexity index is 696. The monoisotopic (exact) mass is 388 g/mol. The van der Waals surface area contributed by atoms with Crippen LogP contribution in [0.3, 0.4) is 0 Å². The number of hydrogen-bond acceptors (Lipinski definition) is 3. The number of ether oxygens (including phenoxy) is 1. The van der Waals surface area contributed by atoms with Gasteiger partial charge in [0, 0.05) is 17.3 Å². The lowest BCUT2D eigenvalue weighted by atomic mass is 9.47. The topological polar surface area (TPSA) is 43.4 Å². The van der Waals surface area contributed by atoms with Gasteiger partial charge in [-0.1, -0.05) is 44.1 Å². The fraction of sp³-hybridized carbons (Fsp3) is 0.739. The lowest BCUT2D eigenvalue weighted by Crippen LogP contribution is -2.54. The molecule has 3 nitrogen and oxygen atoms in total. The van der Waals surface area contributed by atoms with E-state index in [9.17, 15) is 9.59 Å². The maximum Gasteiger partial charge on any atom is 0.306 e. The molecule has 3 saturated carbocycles. The van der Waals surface area contributed by atoms with Crippen LogP contribution in [0, 0.1) is 28.6 Å². The molecule has 0 bridgehead atoms. The average molecular weight is 389 g/mol. The summed E-state index contributed by atoms with van der Waals surface area (Å²) in [5, 5.41) is -0.262. The fourth-order valence-electron chi connectivity index (χ4n) is 7.13. The molecule has 0 amide bonds. The van der Waals surface area contributed by atoms with Gasteiger partial charge in [-0.3, -0.25) is 9.59 Å². The van der Waals surface area contributed by atoms with E-state index in [4.69, 9.17) is 4.74 Å². The Labute approximate surface area is 168 Å². The van der Waals surface area contributed by atoms with Gasteiger partial charge in [0.2, 0.25) is 5.12 Å². The van der Waals surface area contributed by atoms with Crippen molar-refractivity contribution in [2.75, 3.05) is 0 Å². The molecule has 0 heterocycles. The average Bonchev–Trinajstić information content (AvgIpc) is 3.10. The molecule has 148 valence electrons. The van der Waals surface area contributed by atoms with E-state index in [0.29, 0.717) is 24.2 Å². The van der Waals surface area contributed by atoms with E-state index < -0.39 is 6.10 Å². The third-order valence-electron chi connectivity index (χ3n) is 8.31. The molecule has 4 heteroatoms. The van der Waals surface area contributed by atoms with Gasteiger partial charge in [-0.05, 0) is 62.7 Å². The summed E-state index contributed by atoms with van der Waals surface area (Å²) in [4.78, 5) is 24.5. The number of rotatable bonds is 4. The first-order valence-corrected chi connectivity index (χ1v) is 11.2. The Morgan fingerprint density at radius 3 is 2.81 bits per heavy atom. The zero-order chi connectivity index (χ0) is 19.2. The number of carbonyl (C=O) groups is 2. The van der Waals surface area contributed by atoms with Crippen LogP contribution in [0.4, 0.5) is 0 Å². The van der Waals surface area contributed by atoms with E-state index in [2.05, 4.69) is 37.8 Å². The molecule has 0 spiro atoms. The SMILES string of the molecule is CCC(=O)OC(C(=O)S)[C@@]12CCC[C@H]1[C@@H]1CCC3=CCC=C[C@]3(C)[C@H]1CC2. The third-order valence-corrected chi connectivity index (χ3v) is 8.54. The van der Waals surface area contributed by atoms with E-state index in [1.165, 1.54) is 12.8 Å². The van der Waals surface area contributed by atoms with E-state index in [1.807, 2.05) is 0 Å². The molecule has 0 aromatic heterocycles. The molecule has 3 fully saturated rings. The van der Waals surface area contributed by atoms with Crippen LogP contribution in [0.2, 0.25) is 0 Å². The lowest BCUT2D eigenvalue weighted by molar-refractivity contribution is -0.169. The zero-order valence-corrected chi connectivity index (χ0v) is 17.5. The maximum absolute atomic E-state index is 12.4. The second kappa shape index (κ2) is 7.09. The normalized spacial score (nSPS) is 41.0. The molecule has 4 rings (SSSR count). The number of thiol groups is 1. The summed E-state index contributed by atoms with van der Waals surface area (Å²) in [5.41, 5.74) is 1.60. The van der Waals surface area contributed by atoms with Crippen LogP contribution in [0.1, 0.15) is 71.6 Å². The molecule has 1 unspecified atom stereocenters. The molecule has 0 radical (unpaired) electrons. The second-order valence-corrected chi connectivity index (χ2v) is 9.73. The third kappa shape index (κ3) is 2.94. The Balaban J connectivity index is 1.67. The summed E-state index contributed by atoms with van der Waals surface area (Å²) in [5.74, 6) is 1.45. The second-order valence-electron chi connectivity index (χ2n) is 9.29. The fourth-order valence-corrected chi connectivity index (χ4v) is 7.44. The molecule has 4 aliphatic rings. The van der Waals surface area contributed by atoms with Gasteiger partial charge in [0.1, 0.15) is 0 Å². The summed E-state index contributed by atoms with van der Waals surface area (Å²) in [6.45, 7) is 4.21. The summed E-state index contributed by atoms with van der Waals surface area (Å²) in [6, 6.07) is 0. The van der Waals surface area contributed by atoms with Crippen molar-refractivity contribution in [2.24, 2.45) is 28.6 Å². The predicted molar refractivity (Wildman–Crippen MR) is 109 cm³/mol. The lowest BCUT2D eigenvalue weighted by Gasteiger charge is -2.57. The van der Waals surface area contributed by atoms with Gasteiger partial charge in [-0.2, -0.15) is 0 Å². The summed E-state index contributed by atoms with van der Waals surface area (Å²) in [6.07, 6.45) is 15.7. The number of allylic oxidation sites excluding steroid dienone is 4. The number of hydrogen-bond donors (Lipinski definition) is 1. The minimum atomic E-state index is -0.673. The van der Waals surface area contributed by atoms with Crippen LogP contribution >= 0.6 is 12.6 Å². The molecular formula is C23H32O3S. The van der Waals surface area contributed by atoms with Crippen LogP contribution < -0.4 is 0 Å². The first kappa shape index (κ1) is 19.3. The van der Waals surface area contributed by atoms with Crippen molar-refractivity contribution in [2.45, 2.75) is 77.7 Å². The molecule has 0 aromatic rings. The van der Waals surface area contributed by atoms with Gasteiger partial charge >= 0.3 is 5.97 Å². The highest BCUT2D eigenvalue weighted by Crippen LogP contribution is 2.66. The van der Waals surface area contributed by atoms with Crippen molar-refractivity contribution in [3.63, 3.8) is 0 Å². The zero-order valence-electron chi connectivity index (χ0n) is 16.6. The van der Waals surface area contributed by atoms with Crippen molar-refractivity contribution >= 4 is 23.7 Å². The predicted octanol–water partition coefficient (Wildman–Crippen LogP) is 5.26. The summed E-state index contributed by atoms with van der Waals surface area (Å²) in [7, 11) is 0. The van der Waals surface area contributed by atoms with Crippen LogP contribution in [-0.4, -0.2) is 17.2 Å². The molecule has 0 aliphatic heterocycles. The molecule has 4 aliphatic carbocycles. The Hall–Kier alpha value is -1.03. The van der Waals surface area contributed by atoms with Crippen LogP contribution in [0.15, 0.2) is 23.8 Å². The maximum atomic E-state index is 12.4. The van der Waals surface area contributed by atoms with Gasteiger partial charge in [-0.15, -0.1) is 12.6 Å². The number of esters is 1. The van der Waals surface area contributed by atoms with Crippen LogP contribution in [0.25, 0.3) is 0 Å². The smallest absolute Gasteiger partial charge is 0.306 e.